The monoisotopic (exact) mass is 212 g/mol. The summed E-state index contributed by atoms with van der Waals surface area (Å²) in [7, 11) is 0. The minimum Gasteiger partial charge on any atom is -0.481 e. The van der Waals surface area contributed by atoms with E-state index in [4.69, 9.17) is 10.2 Å². The summed E-state index contributed by atoms with van der Waals surface area (Å²) in [4.78, 5) is 10.3. The van der Waals surface area contributed by atoms with Crippen molar-refractivity contribution in [3.63, 3.8) is 0 Å². The van der Waals surface area contributed by atoms with Crippen molar-refractivity contribution < 1.29 is 15.0 Å². The van der Waals surface area contributed by atoms with Crippen molar-refractivity contribution in [1.29, 1.82) is 0 Å². The summed E-state index contributed by atoms with van der Waals surface area (Å²) in [6.07, 6.45) is 6.55. The number of carboxylic acid groups (broad SMARTS) is 1. The molecule has 0 aromatic carbocycles. The topological polar surface area (TPSA) is 57.5 Å². The van der Waals surface area contributed by atoms with Gasteiger partial charge in [0.05, 0.1) is 13.0 Å². The van der Waals surface area contributed by atoms with E-state index in [0.717, 1.165) is 24.8 Å². The molecule has 3 heteroatoms. The molecule has 0 aliphatic rings. The van der Waals surface area contributed by atoms with Gasteiger partial charge in [0.2, 0.25) is 0 Å². The normalized spacial score (nSPS) is 13.0. The molecule has 3 nitrogen and oxygen atoms in total. The van der Waals surface area contributed by atoms with Crippen LogP contribution >= 0.6 is 0 Å². The molecule has 0 radical (unpaired) electrons. The van der Waals surface area contributed by atoms with Crippen LogP contribution in [0.5, 0.6) is 0 Å². The molecular formula is C12H20O3. The number of aliphatic hydroxyl groups is 1. The molecule has 0 aliphatic heterocycles. The highest BCUT2D eigenvalue weighted by Crippen LogP contribution is 2.11. The second-order valence-electron chi connectivity index (χ2n) is 3.73. The molecular weight excluding hydrogens is 192 g/mol. The van der Waals surface area contributed by atoms with Crippen LogP contribution in [0, 0.1) is 0 Å². The smallest absolute Gasteiger partial charge is 0.307 e. The van der Waals surface area contributed by atoms with Gasteiger partial charge in [-0.1, -0.05) is 23.3 Å². The van der Waals surface area contributed by atoms with Gasteiger partial charge in [0.25, 0.3) is 0 Å². The average Bonchev–Trinajstić information content (AvgIpc) is 2.15. The molecule has 15 heavy (non-hydrogen) atoms. The Morgan fingerprint density at radius 1 is 1.13 bits per heavy atom. The summed E-state index contributed by atoms with van der Waals surface area (Å²) >= 11 is 0. The maximum atomic E-state index is 10.3. The van der Waals surface area contributed by atoms with Crippen molar-refractivity contribution in [3.05, 3.63) is 23.3 Å². The minimum atomic E-state index is -0.786. The molecule has 0 aliphatic carbocycles. The van der Waals surface area contributed by atoms with E-state index < -0.39 is 5.97 Å². The predicted molar refractivity (Wildman–Crippen MR) is 60.7 cm³/mol. The third-order valence-corrected chi connectivity index (χ3v) is 2.21. The molecule has 2 N–H and O–H groups in total. The third-order valence-electron chi connectivity index (χ3n) is 2.21. The van der Waals surface area contributed by atoms with E-state index in [2.05, 4.69) is 0 Å². The van der Waals surface area contributed by atoms with Gasteiger partial charge in [0, 0.05) is 0 Å². The second-order valence-corrected chi connectivity index (χ2v) is 3.73. The molecule has 0 aromatic rings. The summed E-state index contributed by atoms with van der Waals surface area (Å²) in [6, 6.07) is 0. The highest BCUT2D eigenvalue weighted by Gasteiger charge is 1.95. The number of allylic oxidation sites excluding steroid dienone is 2. The zero-order valence-corrected chi connectivity index (χ0v) is 9.49. The van der Waals surface area contributed by atoms with Crippen molar-refractivity contribution in [3.8, 4) is 0 Å². The van der Waals surface area contributed by atoms with E-state index in [0.29, 0.717) is 0 Å². The van der Waals surface area contributed by atoms with Crippen molar-refractivity contribution in [2.24, 2.45) is 0 Å². The van der Waals surface area contributed by atoms with Gasteiger partial charge in [-0.2, -0.15) is 0 Å². The van der Waals surface area contributed by atoms with Gasteiger partial charge in [-0.25, -0.2) is 0 Å². The summed E-state index contributed by atoms with van der Waals surface area (Å²) < 4.78 is 0. The Kier molecular flexibility index (Phi) is 7.64. The van der Waals surface area contributed by atoms with Crippen LogP contribution in [0.15, 0.2) is 23.3 Å². The van der Waals surface area contributed by atoms with Gasteiger partial charge >= 0.3 is 5.97 Å². The zero-order chi connectivity index (χ0) is 11.7. The third kappa shape index (κ3) is 9.22. The molecule has 0 atom stereocenters. The lowest BCUT2D eigenvalue weighted by atomic mass is 10.1. The zero-order valence-electron chi connectivity index (χ0n) is 9.49. The maximum absolute atomic E-state index is 10.3. The van der Waals surface area contributed by atoms with E-state index in [1.165, 1.54) is 5.57 Å². The average molecular weight is 212 g/mol. The van der Waals surface area contributed by atoms with Crippen LogP contribution in [0.25, 0.3) is 0 Å². The van der Waals surface area contributed by atoms with Gasteiger partial charge in [0.15, 0.2) is 0 Å². The van der Waals surface area contributed by atoms with Crippen LogP contribution < -0.4 is 0 Å². The predicted octanol–water partition coefficient (Wildman–Crippen LogP) is 2.52. The van der Waals surface area contributed by atoms with Crippen molar-refractivity contribution >= 4 is 5.97 Å². The lowest BCUT2D eigenvalue weighted by Gasteiger charge is -2.02. The molecule has 0 heterocycles. The van der Waals surface area contributed by atoms with E-state index in [1.54, 1.807) is 12.2 Å². The molecule has 0 saturated carbocycles. The second kappa shape index (κ2) is 8.24. The molecule has 0 rings (SSSR count). The van der Waals surface area contributed by atoms with Gasteiger partial charge in [-0.05, 0) is 33.1 Å². The molecule has 0 bridgehead atoms. The fourth-order valence-electron chi connectivity index (χ4n) is 1.27. The lowest BCUT2D eigenvalue weighted by molar-refractivity contribution is -0.136. The lowest BCUT2D eigenvalue weighted by Crippen LogP contribution is -1.91. The van der Waals surface area contributed by atoms with Crippen molar-refractivity contribution in [2.45, 2.75) is 39.5 Å². The fraction of sp³-hybridized carbons (Fsp3) is 0.583. The number of aliphatic carboxylic acids is 1. The van der Waals surface area contributed by atoms with Crippen LogP contribution in [-0.2, 0) is 4.79 Å². The largest absolute Gasteiger partial charge is 0.481 e. The molecule has 0 fully saturated rings. The number of hydrogen-bond acceptors (Lipinski definition) is 2. The molecule has 0 spiro atoms. The Labute approximate surface area is 91.1 Å². The number of carboxylic acids is 1. The number of hydrogen-bond donors (Lipinski definition) is 2. The van der Waals surface area contributed by atoms with Crippen LogP contribution in [0.2, 0.25) is 0 Å². The van der Waals surface area contributed by atoms with E-state index in [-0.39, 0.29) is 13.0 Å². The summed E-state index contributed by atoms with van der Waals surface area (Å²) in [5, 5.41) is 17.1. The van der Waals surface area contributed by atoms with Gasteiger partial charge in [-0.15, -0.1) is 0 Å². The van der Waals surface area contributed by atoms with Crippen LogP contribution in [-0.4, -0.2) is 22.8 Å². The number of aliphatic hydroxyl groups excluding tert-OH is 1. The SMILES string of the molecule is CC(=CCO)CCCC(C)=CCC(=O)O. The Bertz CT molecular complexity index is 252. The molecule has 0 saturated heterocycles. The Balaban J connectivity index is 3.72. The van der Waals surface area contributed by atoms with Crippen LogP contribution in [0.3, 0.4) is 0 Å². The highest BCUT2D eigenvalue weighted by atomic mass is 16.4. The maximum Gasteiger partial charge on any atom is 0.307 e. The first-order chi connectivity index (χ1) is 7.06. The van der Waals surface area contributed by atoms with E-state index in [9.17, 15) is 4.79 Å². The Morgan fingerprint density at radius 2 is 1.67 bits per heavy atom. The fourth-order valence-corrected chi connectivity index (χ4v) is 1.27. The first-order valence-corrected chi connectivity index (χ1v) is 5.20. The van der Waals surface area contributed by atoms with E-state index >= 15 is 0 Å². The standard InChI is InChI=1S/C12H20O3/c1-10(6-7-12(14)15)4-3-5-11(2)8-9-13/h6,8,13H,3-5,7,9H2,1-2H3,(H,14,15). The quantitative estimate of drug-likeness (QED) is 0.637. The summed E-state index contributed by atoms with van der Waals surface area (Å²) in [5.74, 6) is -0.786. The van der Waals surface area contributed by atoms with E-state index in [1.807, 2.05) is 13.8 Å². The molecule has 0 aromatic heterocycles. The highest BCUT2D eigenvalue weighted by molar-refractivity contribution is 5.68. The summed E-state index contributed by atoms with van der Waals surface area (Å²) in [5.41, 5.74) is 2.30. The number of rotatable bonds is 7. The molecule has 86 valence electrons. The molecule has 0 amide bonds. The van der Waals surface area contributed by atoms with Gasteiger partial charge in [-0.3, -0.25) is 4.79 Å². The number of carbonyl (C=O) groups is 1. The Hall–Kier alpha value is -1.09. The van der Waals surface area contributed by atoms with Gasteiger partial charge in [0.1, 0.15) is 0 Å². The summed E-state index contributed by atoms with van der Waals surface area (Å²) in [6.45, 7) is 4.04. The van der Waals surface area contributed by atoms with Gasteiger partial charge < -0.3 is 10.2 Å². The minimum absolute atomic E-state index is 0.0969. The Morgan fingerprint density at radius 3 is 2.13 bits per heavy atom. The van der Waals surface area contributed by atoms with Crippen molar-refractivity contribution in [2.75, 3.05) is 6.61 Å². The van der Waals surface area contributed by atoms with Crippen LogP contribution in [0.4, 0.5) is 0 Å². The first-order valence-electron chi connectivity index (χ1n) is 5.20. The molecule has 0 unspecified atom stereocenters. The van der Waals surface area contributed by atoms with Crippen LogP contribution in [0.1, 0.15) is 39.5 Å². The first kappa shape index (κ1) is 13.9. The van der Waals surface area contributed by atoms with Crippen molar-refractivity contribution in [1.82, 2.24) is 0 Å².